The molecule has 0 amide bonds. The van der Waals surface area contributed by atoms with E-state index < -0.39 is 0 Å². The molecule has 1 aromatic rings. The number of anilines is 1. The van der Waals surface area contributed by atoms with Gasteiger partial charge in [-0.1, -0.05) is 12.8 Å². The summed E-state index contributed by atoms with van der Waals surface area (Å²) in [5, 5.41) is 3.19. The van der Waals surface area contributed by atoms with Crippen LogP contribution in [0.3, 0.4) is 0 Å². The summed E-state index contributed by atoms with van der Waals surface area (Å²) in [5.74, 6) is 3.01. The van der Waals surface area contributed by atoms with Crippen LogP contribution in [0.5, 0.6) is 5.88 Å². The van der Waals surface area contributed by atoms with Crippen LogP contribution in [0.15, 0.2) is 6.07 Å². The Morgan fingerprint density at radius 2 is 2.12 bits per heavy atom. The maximum atomic E-state index is 5.77. The van der Waals surface area contributed by atoms with E-state index in [1.165, 1.54) is 25.7 Å². The van der Waals surface area contributed by atoms with Crippen LogP contribution in [0.2, 0.25) is 0 Å². The normalized spacial score (nSPS) is 16.1. The van der Waals surface area contributed by atoms with Crippen LogP contribution in [0, 0.1) is 12.8 Å². The van der Waals surface area contributed by atoms with Crippen molar-refractivity contribution in [2.45, 2.75) is 39.5 Å². The highest BCUT2D eigenvalue weighted by Gasteiger charge is 2.16. The second-order valence-electron chi connectivity index (χ2n) is 4.63. The highest BCUT2D eigenvalue weighted by atomic mass is 16.5. The van der Waals surface area contributed by atoms with Crippen molar-refractivity contribution in [1.82, 2.24) is 9.97 Å². The van der Waals surface area contributed by atoms with E-state index >= 15 is 0 Å². The molecule has 0 spiro atoms. The molecule has 94 valence electrons. The van der Waals surface area contributed by atoms with Crippen molar-refractivity contribution in [3.05, 3.63) is 11.9 Å². The molecule has 1 aliphatic rings. The minimum atomic E-state index is 0.695. The molecule has 1 aromatic heterocycles. The maximum absolute atomic E-state index is 5.77. The second kappa shape index (κ2) is 5.84. The quantitative estimate of drug-likeness (QED) is 0.852. The standard InChI is InChI=1S/C13H21N3O/c1-3-14-12-8-13(16-10(2)15-12)17-9-11-6-4-5-7-11/h8,11H,3-7,9H2,1-2H3,(H,14,15,16). The topological polar surface area (TPSA) is 47.0 Å². The number of hydrogen-bond acceptors (Lipinski definition) is 4. The molecule has 1 aliphatic carbocycles. The van der Waals surface area contributed by atoms with Gasteiger partial charge in [0.1, 0.15) is 11.6 Å². The van der Waals surface area contributed by atoms with Gasteiger partial charge in [0.15, 0.2) is 0 Å². The summed E-state index contributed by atoms with van der Waals surface area (Å²) in [6.07, 6.45) is 5.28. The van der Waals surface area contributed by atoms with Gasteiger partial charge in [-0.15, -0.1) is 0 Å². The van der Waals surface area contributed by atoms with Crippen molar-refractivity contribution in [3.63, 3.8) is 0 Å². The Labute approximate surface area is 103 Å². The molecule has 0 aromatic carbocycles. The molecule has 2 rings (SSSR count). The summed E-state index contributed by atoms with van der Waals surface area (Å²) in [7, 11) is 0. The molecule has 0 atom stereocenters. The van der Waals surface area contributed by atoms with E-state index in [1.54, 1.807) is 0 Å². The summed E-state index contributed by atoms with van der Waals surface area (Å²) in [6.45, 7) is 5.60. The molecule has 4 heteroatoms. The van der Waals surface area contributed by atoms with Gasteiger partial charge in [-0.05, 0) is 32.6 Å². The zero-order valence-corrected chi connectivity index (χ0v) is 10.7. The molecule has 0 saturated heterocycles. The van der Waals surface area contributed by atoms with E-state index in [4.69, 9.17) is 4.74 Å². The van der Waals surface area contributed by atoms with Crippen molar-refractivity contribution in [1.29, 1.82) is 0 Å². The number of ether oxygens (including phenoxy) is 1. The lowest BCUT2D eigenvalue weighted by molar-refractivity contribution is 0.243. The predicted molar refractivity (Wildman–Crippen MR) is 68.4 cm³/mol. The van der Waals surface area contributed by atoms with Crippen LogP contribution in [0.1, 0.15) is 38.4 Å². The first-order chi connectivity index (χ1) is 8.28. The molecular formula is C13H21N3O. The van der Waals surface area contributed by atoms with Crippen LogP contribution in [-0.4, -0.2) is 23.1 Å². The van der Waals surface area contributed by atoms with Crippen LogP contribution < -0.4 is 10.1 Å². The summed E-state index contributed by atoms with van der Waals surface area (Å²) in [4.78, 5) is 8.60. The van der Waals surface area contributed by atoms with Gasteiger partial charge in [-0.3, -0.25) is 0 Å². The lowest BCUT2D eigenvalue weighted by Gasteiger charge is -2.12. The van der Waals surface area contributed by atoms with Crippen LogP contribution >= 0.6 is 0 Å². The number of aromatic nitrogens is 2. The Kier molecular flexibility index (Phi) is 4.18. The molecule has 0 bridgehead atoms. The van der Waals surface area contributed by atoms with Crippen molar-refractivity contribution < 1.29 is 4.74 Å². The van der Waals surface area contributed by atoms with Gasteiger partial charge in [-0.25, -0.2) is 4.98 Å². The summed E-state index contributed by atoms with van der Waals surface area (Å²) >= 11 is 0. The van der Waals surface area contributed by atoms with Gasteiger partial charge in [0.25, 0.3) is 0 Å². The van der Waals surface area contributed by atoms with Gasteiger partial charge in [0.05, 0.1) is 6.61 Å². The zero-order chi connectivity index (χ0) is 12.1. The minimum Gasteiger partial charge on any atom is -0.477 e. The van der Waals surface area contributed by atoms with E-state index in [2.05, 4.69) is 22.2 Å². The summed E-state index contributed by atoms with van der Waals surface area (Å²) in [6, 6.07) is 1.88. The minimum absolute atomic E-state index is 0.695. The molecule has 0 radical (unpaired) electrons. The smallest absolute Gasteiger partial charge is 0.218 e. The number of aryl methyl sites for hydroxylation is 1. The molecule has 1 heterocycles. The first kappa shape index (κ1) is 12.1. The van der Waals surface area contributed by atoms with E-state index in [9.17, 15) is 0 Å². The number of nitrogens with zero attached hydrogens (tertiary/aromatic N) is 2. The molecular weight excluding hydrogens is 214 g/mol. The Hall–Kier alpha value is -1.32. The van der Waals surface area contributed by atoms with Gasteiger partial charge < -0.3 is 10.1 Å². The lowest BCUT2D eigenvalue weighted by atomic mass is 10.1. The summed E-state index contributed by atoms with van der Waals surface area (Å²) < 4.78 is 5.77. The molecule has 1 fully saturated rings. The molecule has 17 heavy (non-hydrogen) atoms. The second-order valence-corrected chi connectivity index (χ2v) is 4.63. The fraction of sp³-hybridized carbons (Fsp3) is 0.692. The van der Waals surface area contributed by atoms with E-state index in [0.717, 1.165) is 24.8 Å². The molecule has 1 N–H and O–H groups in total. The molecule has 0 aliphatic heterocycles. The third kappa shape index (κ3) is 3.58. The average Bonchev–Trinajstić information content (AvgIpc) is 2.79. The Balaban J connectivity index is 1.94. The highest BCUT2D eigenvalue weighted by Crippen LogP contribution is 2.25. The van der Waals surface area contributed by atoms with Crippen LogP contribution in [0.25, 0.3) is 0 Å². The average molecular weight is 235 g/mol. The van der Waals surface area contributed by atoms with Crippen molar-refractivity contribution in [3.8, 4) is 5.88 Å². The number of hydrogen-bond donors (Lipinski definition) is 1. The monoisotopic (exact) mass is 235 g/mol. The van der Waals surface area contributed by atoms with E-state index in [1.807, 2.05) is 13.0 Å². The zero-order valence-electron chi connectivity index (χ0n) is 10.7. The van der Waals surface area contributed by atoms with Gasteiger partial charge in [-0.2, -0.15) is 4.98 Å². The largest absolute Gasteiger partial charge is 0.477 e. The molecule has 4 nitrogen and oxygen atoms in total. The number of rotatable bonds is 5. The predicted octanol–water partition coefficient (Wildman–Crippen LogP) is 2.79. The van der Waals surface area contributed by atoms with E-state index in [0.29, 0.717) is 11.8 Å². The van der Waals surface area contributed by atoms with Crippen molar-refractivity contribution in [2.75, 3.05) is 18.5 Å². The van der Waals surface area contributed by atoms with Crippen molar-refractivity contribution >= 4 is 5.82 Å². The third-order valence-corrected chi connectivity index (χ3v) is 3.11. The highest BCUT2D eigenvalue weighted by molar-refractivity contribution is 5.38. The third-order valence-electron chi connectivity index (χ3n) is 3.11. The maximum Gasteiger partial charge on any atom is 0.218 e. The fourth-order valence-corrected chi connectivity index (χ4v) is 2.27. The van der Waals surface area contributed by atoms with Gasteiger partial charge in [0, 0.05) is 12.6 Å². The summed E-state index contributed by atoms with van der Waals surface area (Å²) in [5.41, 5.74) is 0. The Bertz CT molecular complexity index is 362. The van der Waals surface area contributed by atoms with Crippen molar-refractivity contribution in [2.24, 2.45) is 5.92 Å². The molecule has 1 saturated carbocycles. The van der Waals surface area contributed by atoms with Crippen LogP contribution in [-0.2, 0) is 0 Å². The lowest BCUT2D eigenvalue weighted by Crippen LogP contribution is -2.10. The first-order valence-electron chi connectivity index (χ1n) is 6.50. The number of nitrogens with one attached hydrogen (secondary N) is 1. The fourth-order valence-electron chi connectivity index (χ4n) is 2.27. The Morgan fingerprint density at radius 1 is 1.35 bits per heavy atom. The van der Waals surface area contributed by atoms with E-state index in [-0.39, 0.29) is 0 Å². The van der Waals surface area contributed by atoms with Gasteiger partial charge >= 0.3 is 0 Å². The SMILES string of the molecule is CCNc1cc(OCC2CCCC2)nc(C)n1. The van der Waals surface area contributed by atoms with Crippen LogP contribution in [0.4, 0.5) is 5.82 Å². The Morgan fingerprint density at radius 3 is 2.82 bits per heavy atom. The van der Waals surface area contributed by atoms with Gasteiger partial charge in [0.2, 0.25) is 5.88 Å². The molecule has 0 unspecified atom stereocenters. The first-order valence-corrected chi connectivity index (χ1v) is 6.50.